The van der Waals surface area contributed by atoms with Crippen molar-refractivity contribution in [2.24, 2.45) is 5.14 Å². The molecule has 0 unspecified atom stereocenters. The lowest BCUT2D eigenvalue weighted by molar-refractivity contribution is -0.0400. The third-order valence-electron chi connectivity index (χ3n) is 8.75. The fourth-order valence-electron chi connectivity index (χ4n) is 6.95. The summed E-state index contributed by atoms with van der Waals surface area (Å²) in [6.45, 7) is 12.8. The standard InChI is InChI=1S/C28H41FN6O5S2Si/c1-15(2)43(16(3)4,17(5)6)40-21-12-24(39-22(21)13-38-42(31,36)37)35-27-25(26(30)32-14-33-27)28(34-35)41-23-11-19-9-7-8-18(19)10-20(23)29/h10-11,14-17,21-22,24H,7-9,12-13H2,1-6H3,(H2,30,32,33)(H2,31,36,37)/t21-,22+,24+/m0/s1. The second-order valence-electron chi connectivity index (χ2n) is 12.3. The van der Waals surface area contributed by atoms with E-state index in [1.165, 1.54) is 18.1 Å². The maximum Gasteiger partial charge on any atom is 0.333 e. The molecule has 4 N–H and O–H groups in total. The molecule has 43 heavy (non-hydrogen) atoms. The molecule has 1 saturated heterocycles. The Kier molecular flexibility index (Phi) is 9.25. The maximum atomic E-state index is 15.1. The van der Waals surface area contributed by atoms with Gasteiger partial charge in [0, 0.05) is 11.3 Å². The quantitative estimate of drug-likeness (QED) is 0.262. The summed E-state index contributed by atoms with van der Waals surface area (Å²) in [6.07, 6.45) is 2.59. The SMILES string of the molecule is CC(C)[Si](O[C@H]1C[C@H](n2nc(Sc3cc4c(cc3F)CCC4)c3c(N)ncnc32)O[C@@H]1COS(N)(=O)=O)(C(C)C)C(C)C. The number of aryl methyl sites for hydroxylation is 2. The van der Waals surface area contributed by atoms with Crippen LogP contribution in [-0.4, -0.2) is 55.3 Å². The van der Waals surface area contributed by atoms with E-state index in [1.54, 1.807) is 10.7 Å². The first-order valence-corrected chi connectivity index (χ1v) is 19.1. The second-order valence-corrected chi connectivity index (χ2v) is 20.0. The van der Waals surface area contributed by atoms with E-state index in [0.717, 1.165) is 30.4 Å². The highest BCUT2D eigenvalue weighted by molar-refractivity contribution is 7.99. The van der Waals surface area contributed by atoms with Gasteiger partial charge < -0.3 is 14.9 Å². The number of hydrogen-bond acceptors (Lipinski definition) is 10. The summed E-state index contributed by atoms with van der Waals surface area (Å²) in [5, 5.41) is 10.9. The van der Waals surface area contributed by atoms with E-state index in [9.17, 15) is 8.42 Å². The van der Waals surface area contributed by atoms with Crippen LogP contribution in [0.15, 0.2) is 28.4 Å². The highest BCUT2D eigenvalue weighted by atomic mass is 32.2. The van der Waals surface area contributed by atoms with E-state index < -0.39 is 37.1 Å². The van der Waals surface area contributed by atoms with Gasteiger partial charge in [0.05, 0.1) is 18.1 Å². The number of hydrogen-bond donors (Lipinski definition) is 2. The molecule has 1 fully saturated rings. The van der Waals surface area contributed by atoms with Gasteiger partial charge in [0.15, 0.2) is 11.9 Å². The van der Waals surface area contributed by atoms with E-state index in [4.69, 9.17) is 29.3 Å². The third kappa shape index (κ3) is 6.35. The van der Waals surface area contributed by atoms with Gasteiger partial charge in [-0.15, -0.1) is 0 Å². The second kappa shape index (κ2) is 12.3. The van der Waals surface area contributed by atoms with Gasteiger partial charge in [-0.25, -0.2) is 24.2 Å². The lowest BCUT2D eigenvalue weighted by Crippen LogP contribution is -2.52. The first-order chi connectivity index (χ1) is 20.2. The summed E-state index contributed by atoms with van der Waals surface area (Å²) in [5.74, 6) is -0.0991. The predicted molar refractivity (Wildman–Crippen MR) is 166 cm³/mol. The molecule has 1 aliphatic carbocycles. The molecule has 236 valence electrons. The Labute approximate surface area is 257 Å². The van der Waals surface area contributed by atoms with Crippen LogP contribution in [-0.2, 0) is 36.5 Å². The van der Waals surface area contributed by atoms with Crippen LogP contribution in [0.4, 0.5) is 10.2 Å². The number of benzene rings is 1. The van der Waals surface area contributed by atoms with Crippen molar-refractivity contribution in [2.45, 2.75) is 112 Å². The molecule has 0 amide bonds. The number of fused-ring (bicyclic) bond motifs is 2. The number of halogens is 1. The first kappa shape index (κ1) is 32.3. The van der Waals surface area contributed by atoms with Crippen LogP contribution in [0.3, 0.4) is 0 Å². The molecule has 0 saturated carbocycles. The van der Waals surface area contributed by atoms with Crippen LogP contribution < -0.4 is 10.9 Å². The Morgan fingerprint density at radius 3 is 2.40 bits per heavy atom. The number of aromatic nitrogens is 4. The fraction of sp³-hybridized carbons (Fsp3) is 0.607. The number of rotatable bonds is 11. The fourth-order valence-corrected chi connectivity index (χ4v) is 13.9. The zero-order valence-electron chi connectivity index (χ0n) is 25.4. The van der Waals surface area contributed by atoms with Crippen molar-refractivity contribution in [2.75, 3.05) is 12.3 Å². The monoisotopic (exact) mass is 652 g/mol. The van der Waals surface area contributed by atoms with Crippen LogP contribution in [0, 0.1) is 5.82 Å². The summed E-state index contributed by atoms with van der Waals surface area (Å²) in [6, 6.07) is 3.49. The zero-order valence-corrected chi connectivity index (χ0v) is 28.0. The van der Waals surface area contributed by atoms with Crippen LogP contribution >= 0.6 is 11.8 Å². The van der Waals surface area contributed by atoms with Crippen molar-refractivity contribution in [1.29, 1.82) is 0 Å². The summed E-state index contributed by atoms with van der Waals surface area (Å²) >= 11 is 1.17. The zero-order chi connectivity index (χ0) is 31.3. The molecule has 0 radical (unpaired) electrons. The van der Waals surface area contributed by atoms with E-state index >= 15 is 4.39 Å². The van der Waals surface area contributed by atoms with Crippen molar-refractivity contribution in [3.63, 3.8) is 0 Å². The Hall–Kier alpha value is -2.14. The van der Waals surface area contributed by atoms with Crippen molar-refractivity contribution in [3.8, 4) is 0 Å². The molecule has 3 atom stereocenters. The van der Waals surface area contributed by atoms with Crippen LogP contribution in [0.5, 0.6) is 0 Å². The van der Waals surface area contributed by atoms with E-state index in [2.05, 4.69) is 51.5 Å². The molecule has 3 aromatic rings. The summed E-state index contributed by atoms with van der Waals surface area (Å²) in [4.78, 5) is 9.08. The average Bonchev–Trinajstić information content (AvgIpc) is 3.62. The highest BCUT2D eigenvalue weighted by Crippen LogP contribution is 2.47. The minimum atomic E-state index is -4.21. The number of anilines is 1. The Morgan fingerprint density at radius 1 is 1.12 bits per heavy atom. The predicted octanol–water partition coefficient (Wildman–Crippen LogP) is 5.26. The largest absolute Gasteiger partial charge is 0.410 e. The molecule has 5 rings (SSSR count). The maximum absolute atomic E-state index is 15.1. The highest BCUT2D eigenvalue weighted by Gasteiger charge is 2.50. The molecule has 3 heterocycles. The van der Waals surface area contributed by atoms with Gasteiger partial charge in [0.2, 0.25) is 8.32 Å². The lowest BCUT2D eigenvalue weighted by atomic mass is 10.1. The number of nitrogens with zero attached hydrogens (tertiary/aromatic N) is 4. The van der Waals surface area contributed by atoms with Crippen LogP contribution in [0.1, 0.15) is 71.7 Å². The van der Waals surface area contributed by atoms with Gasteiger partial charge in [-0.3, -0.25) is 4.18 Å². The minimum Gasteiger partial charge on any atom is -0.410 e. The first-order valence-electron chi connectivity index (χ1n) is 14.7. The normalized spacial score (nSPS) is 21.1. The Bertz CT molecular complexity index is 1580. The van der Waals surface area contributed by atoms with Crippen molar-refractivity contribution in [1.82, 2.24) is 19.7 Å². The van der Waals surface area contributed by atoms with Crippen molar-refractivity contribution >= 4 is 47.2 Å². The van der Waals surface area contributed by atoms with E-state index in [1.807, 2.05) is 6.07 Å². The van der Waals surface area contributed by atoms with Crippen LogP contribution in [0.25, 0.3) is 11.0 Å². The lowest BCUT2D eigenvalue weighted by Gasteiger charge is -2.44. The van der Waals surface area contributed by atoms with Crippen molar-refractivity contribution in [3.05, 3.63) is 35.4 Å². The van der Waals surface area contributed by atoms with Gasteiger partial charge in [-0.05, 0) is 59.1 Å². The molecule has 0 spiro atoms. The topological polar surface area (TPSA) is 157 Å². The molecule has 1 aromatic carbocycles. The summed E-state index contributed by atoms with van der Waals surface area (Å²) in [5.41, 5.74) is 9.78. The van der Waals surface area contributed by atoms with Crippen molar-refractivity contribution < 1.29 is 26.2 Å². The smallest absolute Gasteiger partial charge is 0.333 e. The molecule has 0 bridgehead atoms. The van der Waals surface area contributed by atoms with Gasteiger partial charge in [-0.2, -0.15) is 13.5 Å². The average molecular weight is 653 g/mol. The number of ether oxygens (including phenoxy) is 1. The summed E-state index contributed by atoms with van der Waals surface area (Å²) in [7, 11) is -6.61. The molecule has 2 aromatic heterocycles. The van der Waals surface area contributed by atoms with E-state index in [-0.39, 0.29) is 34.9 Å². The molecule has 2 aliphatic rings. The van der Waals surface area contributed by atoms with Gasteiger partial charge in [0.1, 0.15) is 29.1 Å². The third-order valence-corrected chi connectivity index (χ3v) is 16.4. The molecular weight excluding hydrogens is 612 g/mol. The van der Waals surface area contributed by atoms with Gasteiger partial charge in [-0.1, -0.05) is 53.3 Å². The molecular formula is C28H41FN6O5S2Si. The number of nitrogens with two attached hydrogens (primary N) is 2. The molecule has 11 nitrogen and oxygen atoms in total. The molecule has 1 aliphatic heterocycles. The number of nitrogen functional groups attached to an aromatic ring is 1. The Balaban J connectivity index is 1.52. The Morgan fingerprint density at radius 2 is 1.77 bits per heavy atom. The van der Waals surface area contributed by atoms with E-state index in [0.29, 0.717) is 27.4 Å². The summed E-state index contributed by atoms with van der Waals surface area (Å²) < 4.78 is 58.7. The molecule has 15 heteroatoms. The van der Waals surface area contributed by atoms with Crippen LogP contribution in [0.2, 0.25) is 16.6 Å². The van der Waals surface area contributed by atoms with Gasteiger partial charge >= 0.3 is 10.3 Å². The van der Waals surface area contributed by atoms with Gasteiger partial charge in [0.25, 0.3) is 0 Å². The minimum absolute atomic E-state index is 0.214.